The van der Waals surface area contributed by atoms with Gasteiger partial charge in [-0.15, -0.1) is 0 Å². The minimum atomic E-state index is -0.948. The summed E-state index contributed by atoms with van der Waals surface area (Å²) in [6, 6.07) is 5.93. The highest BCUT2D eigenvalue weighted by atomic mass is 35.5. The fourth-order valence-corrected chi connectivity index (χ4v) is 4.17. The Morgan fingerprint density at radius 2 is 1.84 bits per heavy atom. The average molecular weight is 385 g/mol. The molecule has 1 aromatic rings. The Kier molecular flexibility index (Phi) is 6.27. The molecule has 1 aromatic carbocycles. The average Bonchev–Trinajstić information content (AvgIpc) is 2.54. The van der Waals surface area contributed by atoms with Crippen LogP contribution in [0.2, 0.25) is 5.02 Å². The third kappa shape index (κ3) is 4.82. The van der Waals surface area contributed by atoms with E-state index in [2.05, 4.69) is 5.32 Å². The van der Waals surface area contributed by atoms with Gasteiger partial charge in [-0.3, -0.25) is 13.8 Å². The number of amides is 2. The van der Waals surface area contributed by atoms with E-state index in [1.807, 2.05) is 27.7 Å². The highest BCUT2D eigenvalue weighted by molar-refractivity contribution is 7.86. The van der Waals surface area contributed by atoms with E-state index in [0.29, 0.717) is 29.4 Å². The summed E-state index contributed by atoms with van der Waals surface area (Å²) in [5.41, 5.74) is 0.461. The fraction of sp³-hybridized carbons (Fsp3) is 0.556. The first kappa shape index (κ1) is 19.9. The normalized spacial score (nSPS) is 21.0. The molecule has 0 saturated carbocycles. The van der Waals surface area contributed by atoms with Gasteiger partial charge >= 0.3 is 0 Å². The summed E-state index contributed by atoms with van der Waals surface area (Å²) >= 11 is 5.85. The van der Waals surface area contributed by atoms with Crippen LogP contribution < -0.4 is 5.32 Å². The molecule has 1 N–H and O–H groups in total. The molecule has 2 rings (SSSR count). The zero-order valence-electron chi connectivity index (χ0n) is 15.0. The van der Waals surface area contributed by atoms with Gasteiger partial charge in [0.15, 0.2) is 0 Å². The molecule has 138 valence electrons. The van der Waals surface area contributed by atoms with Crippen LogP contribution in [0.15, 0.2) is 24.3 Å². The maximum Gasteiger partial charge on any atom is 0.251 e. The van der Waals surface area contributed by atoms with E-state index in [9.17, 15) is 13.8 Å². The Morgan fingerprint density at radius 1 is 1.24 bits per heavy atom. The molecule has 7 heteroatoms. The molecule has 2 amide bonds. The topological polar surface area (TPSA) is 66.5 Å². The van der Waals surface area contributed by atoms with Gasteiger partial charge in [0.1, 0.15) is 6.04 Å². The molecule has 0 aliphatic carbocycles. The van der Waals surface area contributed by atoms with Crippen LogP contribution in [0.5, 0.6) is 0 Å². The van der Waals surface area contributed by atoms with Gasteiger partial charge in [0.05, 0.1) is 4.75 Å². The quantitative estimate of drug-likeness (QED) is 0.867. The number of halogens is 1. The number of nitrogens with one attached hydrogen (secondary N) is 1. The Bertz CT molecular complexity index is 673. The maximum absolute atomic E-state index is 12.9. The van der Waals surface area contributed by atoms with Crippen molar-refractivity contribution in [2.24, 2.45) is 5.92 Å². The molecule has 0 bridgehead atoms. The van der Waals surface area contributed by atoms with Gasteiger partial charge in [0, 0.05) is 40.2 Å². The first-order valence-electron chi connectivity index (χ1n) is 8.35. The van der Waals surface area contributed by atoms with Gasteiger partial charge in [0.2, 0.25) is 5.91 Å². The molecule has 25 heavy (non-hydrogen) atoms. The molecule has 0 unspecified atom stereocenters. The summed E-state index contributed by atoms with van der Waals surface area (Å²) in [5.74, 6) is -0.0146. The Balaban J connectivity index is 2.12. The van der Waals surface area contributed by atoms with E-state index in [1.165, 1.54) is 0 Å². The molecule has 0 spiro atoms. The van der Waals surface area contributed by atoms with E-state index in [1.54, 1.807) is 29.2 Å². The SMILES string of the molecule is CC(C)[C@H](NC(=O)c1ccc(Cl)cc1)C(=O)N1CC[S@](=O)C(C)(C)C1. The molecule has 1 saturated heterocycles. The first-order chi connectivity index (χ1) is 11.6. The van der Waals surface area contributed by atoms with Crippen molar-refractivity contribution in [3.05, 3.63) is 34.9 Å². The van der Waals surface area contributed by atoms with Crippen LogP contribution >= 0.6 is 11.6 Å². The fourth-order valence-electron chi connectivity index (χ4n) is 2.80. The van der Waals surface area contributed by atoms with Crippen LogP contribution in [0.3, 0.4) is 0 Å². The summed E-state index contributed by atoms with van der Waals surface area (Å²) in [6.45, 7) is 8.49. The predicted molar refractivity (Wildman–Crippen MR) is 101 cm³/mol. The summed E-state index contributed by atoms with van der Waals surface area (Å²) in [7, 11) is -0.948. The number of carbonyl (C=O) groups is 2. The molecule has 1 aliphatic rings. The molecule has 1 fully saturated rings. The van der Waals surface area contributed by atoms with Crippen molar-refractivity contribution in [2.45, 2.75) is 38.5 Å². The van der Waals surface area contributed by atoms with Crippen LogP contribution in [0.4, 0.5) is 0 Å². The summed E-state index contributed by atoms with van der Waals surface area (Å²) in [5, 5.41) is 3.39. The van der Waals surface area contributed by atoms with Crippen LogP contribution in [0, 0.1) is 5.92 Å². The van der Waals surface area contributed by atoms with Crippen molar-refractivity contribution in [3.63, 3.8) is 0 Å². The molecular weight excluding hydrogens is 360 g/mol. The van der Waals surface area contributed by atoms with Crippen LogP contribution in [0.25, 0.3) is 0 Å². The summed E-state index contributed by atoms with van der Waals surface area (Å²) in [4.78, 5) is 27.1. The first-order valence-corrected chi connectivity index (χ1v) is 10.0. The van der Waals surface area contributed by atoms with Crippen molar-refractivity contribution in [1.29, 1.82) is 0 Å². The van der Waals surface area contributed by atoms with Crippen LogP contribution in [-0.4, -0.2) is 50.6 Å². The molecule has 1 aliphatic heterocycles. The molecular formula is C18H25ClN2O3S. The van der Waals surface area contributed by atoms with E-state index in [0.717, 1.165) is 0 Å². The van der Waals surface area contributed by atoms with E-state index >= 15 is 0 Å². The standard InChI is InChI=1S/C18H25ClN2O3S/c1-12(2)15(20-16(22)13-5-7-14(19)8-6-13)17(23)21-9-10-25(24)18(3,4)11-21/h5-8,12,15H,9-11H2,1-4H3,(H,20,22)/t15-,25-/m0/s1. The number of hydrogen-bond donors (Lipinski definition) is 1. The number of hydrogen-bond acceptors (Lipinski definition) is 3. The van der Waals surface area contributed by atoms with Crippen molar-refractivity contribution in [3.8, 4) is 0 Å². The van der Waals surface area contributed by atoms with Gasteiger partial charge in [-0.05, 0) is 44.0 Å². The predicted octanol–water partition coefficient (Wildman–Crippen LogP) is 2.46. The number of nitrogens with zero attached hydrogens (tertiary/aromatic N) is 1. The van der Waals surface area contributed by atoms with Crippen LogP contribution in [0.1, 0.15) is 38.1 Å². The molecule has 2 atom stereocenters. The molecule has 0 radical (unpaired) electrons. The lowest BCUT2D eigenvalue weighted by Crippen LogP contribution is -2.58. The van der Waals surface area contributed by atoms with Gasteiger partial charge in [-0.1, -0.05) is 25.4 Å². The second-order valence-corrected chi connectivity index (χ2v) is 9.91. The van der Waals surface area contributed by atoms with E-state index < -0.39 is 21.6 Å². The zero-order chi connectivity index (χ0) is 18.8. The largest absolute Gasteiger partial charge is 0.340 e. The van der Waals surface area contributed by atoms with Crippen molar-refractivity contribution < 1.29 is 13.8 Å². The highest BCUT2D eigenvalue weighted by Crippen LogP contribution is 2.22. The third-order valence-electron chi connectivity index (χ3n) is 4.37. The summed E-state index contributed by atoms with van der Waals surface area (Å²) < 4.78 is 11.6. The van der Waals surface area contributed by atoms with Crippen molar-refractivity contribution in [2.75, 3.05) is 18.8 Å². The second-order valence-electron chi connectivity index (χ2n) is 7.27. The van der Waals surface area contributed by atoms with Crippen LogP contribution in [-0.2, 0) is 15.6 Å². The minimum absolute atomic E-state index is 0.0562. The maximum atomic E-state index is 12.9. The monoisotopic (exact) mass is 384 g/mol. The molecule has 0 aromatic heterocycles. The Labute approximate surface area is 156 Å². The third-order valence-corrected chi connectivity index (χ3v) is 6.54. The number of rotatable bonds is 4. The van der Waals surface area contributed by atoms with E-state index in [4.69, 9.17) is 11.6 Å². The highest BCUT2D eigenvalue weighted by Gasteiger charge is 2.38. The Hall–Kier alpha value is -1.40. The van der Waals surface area contributed by atoms with Gasteiger partial charge in [0.25, 0.3) is 5.91 Å². The minimum Gasteiger partial charge on any atom is -0.340 e. The lowest BCUT2D eigenvalue weighted by atomic mass is 10.0. The zero-order valence-corrected chi connectivity index (χ0v) is 16.6. The lowest BCUT2D eigenvalue weighted by Gasteiger charge is -2.39. The van der Waals surface area contributed by atoms with Gasteiger partial charge < -0.3 is 10.2 Å². The van der Waals surface area contributed by atoms with E-state index in [-0.39, 0.29) is 17.7 Å². The molecule has 1 heterocycles. The van der Waals surface area contributed by atoms with Crippen molar-refractivity contribution >= 4 is 34.2 Å². The van der Waals surface area contributed by atoms with Gasteiger partial charge in [-0.25, -0.2) is 0 Å². The number of carbonyl (C=O) groups excluding carboxylic acids is 2. The molecule has 5 nitrogen and oxygen atoms in total. The lowest BCUT2D eigenvalue weighted by molar-refractivity contribution is -0.134. The second kappa shape index (κ2) is 7.87. The number of benzene rings is 1. The van der Waals surface area contributed by atoms with Gasteiger partial charge in [-0.2, -0.15) is 0 Å². The smallest absolute Gasteiger partial charge is 0.251 e. The van der Waals surface area contributed by atoms with Crippen molar-refractivity contribution in [1.82, 2.24) is 10.2 Å². The summed E-state index contributed by atoms with van der Waals surface area (Å²) in [6.07, 6.45) is 0. The Morgan fingerprint density at radius 3 is 2.36 bits per heavy atom.